The monoisotopic (exact) mass is 391 g/mol. The molecule has 1 rings (SSSR count). The van der Waals surface area contributed by atoms with E-state index >= 15 is 0 Å². The Kier molecular flexibility index (Phi) is 10.2. The van der Waals surface area contributed by atoms with Crippen LogP contribution in [0.1, 0.15) is 25.8 Å². The van der Waals surface area contributed by atoms with Gasteiger partial charge in [-0.05, 0) is 31.0 Å². The highest BCUT2D eigenvalue weighted by atomic mass is 127. The van der Waals surface area contributed by atoms with Crippen LogP contribution in [0.3, 0.4) is 0 Å². The molecular formula is C15H26IN3O. The predicted molar refractivity (Wildman–Crippen MR) is 96.1 cm³/mol. The van der Waals surface area contributed by atoms with Crippen molar-refractivity contribution < 1.29 is 4.74 Å². The number of guanidine groups is 1. The fourth-order valence-electron chi connectivity index (χ4n) is 1.77. The van der Waals surface area contributed by atoms with E-state index in [0.717, 1.165) is 37.8 Å². The van der Waals surface area contributed by atoms with Crippen LogP contribution in [-0.4, -0.2) is 38.1 Å². The molecule has 1 N–H and O–H groups in total. The molecule has 0 spiro atoms. The molecule has 0 aliphatic rings. The number of methoxy groups -OCH3 is 1. The van der Waals surface area contributed by atoms with Gasteiger partial charge in [-0.1, -0.05) is 19.1 Å². The Morgan fingerprint density at radius 2 is 1.90 bits per heavy atom. The lowest BCUT2D eigenvalue weighted by atomic mass is 10.2. The minimum atomic E-state index is 0. The fraction of sp³-hybridized carbons (Fsp3) is 0.533. The van der Waals surface area contributed by atoms with Crippen molar-refractivity contribution in [3.8, 4) is 5.75 Å². The highest BCUT2D eigenvalue weighted by Gasteiger charge is 2.06. The Morgan fingerprint density at radius 3 is 2.40 bits per heavy atom. The molecule has 5 heteroatoms. The van der Waals surface area contributed by atoms with Crippen LogP contribution in [0.15, 0.2) is 29.3 Å². The van der Waals surface area contributed by atoms with Gasteiger partial charge in [-0.25, -0.2) is 0 Å². The molecule has 0 saturated carbocycles. The summed E-state index contributed by atoms with van der Waals surface area (Å²) in [6.45, 7) is 6.80. The molecule has 0 unspecified atom stereocenters. The quantitative estimate of drug-likeness (QED) is 0.460. The van der Waals surface area contributed by atoms with Crippen molar-refractivity contribution in [2.75, 3.05) is 27.2 Å². The summed E-state index contributed by atoms with van der Waals surface area (Å²) in [5, 5.41) is 3.31. The standard InChI is InChI=1S/C15H25N3O.HI/c1-5-11-17-15(16-6-2)18(3)12-13-7-9-14(19-4)10-8-13;/h7-10H,5-6,11-12H2,1-4H3,(H,16,17);1H. The number of rotatable bonds is 6. The molecule has 1 aromatic rings. The van der Waals surface area contributed by atoms with Gasteiger partial charge in [0.1, 0.15) is 5.75 Å². The highest BCUT2D eigenvalue weighted by molar-refractivity contribution is 14.0. The number of nitrogens with zero attached hydrogens (tertiary/aromatic N) is 2. The van der Waals surface area contributed by atoms with Crippen molar-refractivity contribution in [2.24, 2.45) is 4.99 Å². The zero-order valence-electron chi connectivity index (χ0n) is 12.8. The lowest BCUT2D eigenvalue weighted by Crippen LogP contribution is -2.38. The molecule has 1 aromatic carbocycles. The molecular weight excluding hydrogens is 365 g/mol. The summed E-state index contributed by atoms with van der Waals surface area (Å²) in [4.78, 5) is 6.71. The van der Waals surface area contributed by atoms with E-state index in [9.17, 15) is 0 Å². The van der Waals surface area contributed by atoms with Gasteiger partial charge in [0, 0.05) is 26.7 Å². The van der Waals surface area contributed by atoms with Gasteiger partial charge in [0.25, 0.3) is 0 Å². The van der Waals surface area contributed by atoms with Crippen molar-refractivity contribution in [3.05, 3.63) is 29.8 Å². The van der Waals surface area contributed by atoms with Crippen LogP contribution in [-0.2, 0) is 6.54 Å². The Bertz CT molecular complexity index is 393. The van der Waals surface area contributed by atoms with E-state index in [1.807, 2.05) is 12.1 Å². The Hall–Kier alpha value is -0.980. The number of benzene rings is 1. The van der Waals surface area contributed by atoms with Crippen molar-refractivity contribution in [3.63, 3.8) is 0 Å². The molecule has 114 valence electrons. The minimum Gasteiger partial charge on any atom is -0.497 e. The van der Waals surface area contributed by atoms with E-state index in [1.54, 1.807) is 7.11 Å². The molecule has 0 aliphatic carbocycles. The van der Waals surface area contributed by atoms with E-state index in [2.05, 4.69) is 48.2 Å². The van der Waals surface area contributed by atoms with Crippen LogP contribution in [0.5, 0.6) is 5.75 Å². The maximum absolute atomic E-state index is 5.16. The molecule has 4 nitrogen and oxygen atoms in total. The summed E-state index contributed by atoms with van der Waals surface area (Å²) in [5.41, 5.74) is 1.24. The first-order chi connectivity index (χ1) is 9.21. The van der Waals surface area contributed by atoms with E-state index in [4.69, 9.17) is 4.74 Å². The second kappa shape index (κ2) is 10.8. The molecule has 0 heterocycles. The van der Waals surface area contributed by atoms with Crippen molar-refractivity contribution in [2.45, 2.75) is 26.8 Å². The first-order valence-corrected chi connectivity index (χ1v) is 6.83. The van der Waals surface area contributed by atoms with Gasteiger partial charge in [0.2, 0.25) is 0 Å². The fourth-order valence-corrected chi connectivity index (χ4v) is 1.77. The van der Waals surface area contributed by atoms with Crippen molar-refractivity contribution in [1.29, 1.82) is 0 Å². The molecule has 0 radical (unpaired) electrons. The van der Waals surface area contributed by atoms with Gasteiger partial charge < -0.3 is 15.0 Å². The number of ether oxygens (including phenoxy) is 1. The summed E-state index contributed by atoms with van der Waals surface area (Å²) < 4.78 is 5.16. The van der Waals surface area contributed by atoms with Gasteiger partial charge >= 0.3 is 0 Å². The summed E-state index contributed by atoms with van der Waals surface area (Å²) in [7, 11) is 3.74. The topological polar surface area (TPSA) is 36.9 Å². The van der Waals surface area contributed by atoms with Crippen molar-refractivity contribution in [1.82, 2.24) is 10.2 Å². The second-order valence-corrected chi connectivity index (χ2v) is 4.44. The van der Waals surface area contributed by atoms with Crippen molar-refractivity contribution >= 4 is 29.9 Å². The summed E-state index contributed by atoms with van der Waals surface area (Å²) in [5.74, 6) is 1.85. The van der Waals surface area contributed by atoms with E-state index in [0.29, 0.717) is 0 Å². The molecule has 0 atom stereocenters. The van der Waals surface area contributed by atoms with Gasteiger partial charge in [0.15, 0.2) is 5.96 Å². The molecule has 0 bridgehead atoms. The molecule has 0 fully saturated rings. The molecule has 20 heavy (non-hydrogen) atoms. The summed E-state index contributed by atoms with van der Waals surface area (Å²) in [6.07, 6.45) is 1.06. The largest absolute Gasteiger partial charge is 0.497 e. The molecule has 0 aliphatic heterocycles. The number of aliphatic imine (C=N–C) groups is 1. The first kappa shape index (κ1) is 19.0. The number of halogens is 1. The SMILES string of the molecule is CCCN=C(NCC)N(C)Cc1ccc(OC)cc1.I. The average Bonchev–Trinajstić information content (AvgIpc) is 2.44. The van der Waals surface area contributed by atoms with Crippen LogP contribution in [0.4, 0.5) is 0 Å². The normalized spacial score (nSPS) is 10.7. The van der Waals surface area contributed by atoms with Gasteiger partial charge in [-0.15, -0.1) is 24.0 Å². The zero-order chi connectivity index (χ0) is 14.1. The third kappa shape index (κ3) is 6.45. The number of nitrogens with one attached hydrogen (secondary N) is 1. The summed E-state index contributed by atoms with van der Waals surface area (Å²) >= 11 is 0. The molecule has 0 aromatic heterocycles. The van der Waals surface area contributed by atoms with Crippen LogP contribution in [0.25, 0.3) is 0 Å². The van der Waals surface area contributed by atoms with Gasteiger partial charge in [-0.2, -0.15) is 0 Å². The Morgan fingerprint density at radius 1 is 1.25 bits per heavy atom. The Labute approximate surface area is 139 Å². The highest BCUT2D eigenvalue weighted by Crippen LogP contribution is 2.12. The van der Waals surface area contributed by atoms with E-state index < -0.39 is 0 Å². The van der Waals surface area contributed by atoms with Crippen LogP contribution in [0, 0.1) is 0 Å². The maximum atomic E-state index is 5.16. The second-order valence-electron chi connectivity index (χ2n) is 4.44. The third-order valence-corrected chi connectivity index (χ3v) is 2.76. The molecule has 0 amide bonds. The lowest BCUT2D eigenvalue weighted by molar-refractivity contribution is 0.414. The number of hydrogen-bond acceptors (Lipinski definition) is 2. The van der Waals surface area contributed by atoms with Gasteiger partial charge in [0.05, 0.1) is 7.11 Å². The minimum absolute atomic E-state index is 0. The third-order valence-electron chi connectivity index (χ3n) is 2.76. The van der Waals surface area contributed by atoms with E-state index in [1.165, 1.54) is 5.56 Å². The smallest absolute Gasteiger partial charge is 0.193 e. The van der Waals surface area contributed by atoms with E-state index in [-0.39, 0.29) is 24.0 Å². The number of hydrogen-bond donors (Lipinski definition) is 1. The van der Waals surface area contributed by atoms with Gasteiger partial charge in [-0.3, -0.25) is 4.99 Å². The van der Waals surface area contributed by atoms with Crippen LogP contribution >= 0.6 is 24.0 Å². The molecule has 0 saturated heterocycles. The predicted octanol–water partition coefficient (Wildman–Crippen LogP) is 3.12. The summed E-state index contributed by atoms with van der Waals surface area (Å²) in [6, 6.07) is 8.13. The zero-order valence-corrected chi connectivity index (χ0v) is 15.2. The van der Waals surface area contributed by atoms with Crippen LogP contribution in [0.2, 0.25) is 0 Å². The maximum Gasteiger partial charge on any atom is 0.193 e. The lowest BCUT2D eigenvalue weighted by Gasteiger charge is -2.22. The average molecular weight is 391 g/mol. The van der Waals surface area contributed by atoms with Crippen LogP contribution < -0.4 is 10.1 Å². The first-order valence-electron chi connectivity index (χ1n) is 6.83. The Balaban J connectivity index is 0.00000361.